The molecule has 1 aromatic heterocycles. The molecule has 0 bridgehead atoms. The maximum absolute atomic E-state index is 5.81. The van der Waals surface area contributed by atoms with Crippen molar-refractivity contribution in [3.8, 4) is 11.3 Å². The molecule has 4 nitrogen and oxygen atoms in total. The van der Waals surface area contributed by atoms with Crippen LogP contribution in [0, 0.1) is 6.92 Å². The van der Waals surface area contributed by atoms with Crippen molar-refractivity contribution in [2.24, 2.45) is 0 Å². The molecule has 0 aliphatic heterocycles. The van der Waals surface area contributed by atoms with E-state index in [2.05, 4.69) is 16.9 Å². The zero-order valence-corrected chi connectivity index (χ0v) is 10.8. The molecule has 94 valence electrons. The number of aryl methyl sites for hydroxylation is 1. The van der Waals surface area contributed by atoms with E-state index in [1.54, 1.807) is 13.2 Å². The molecule has 2 aromatic rings. The minimum Gasteiger partial charge on any atom is -0.384 e. The van der Waals surface area contributed by atoms with Gasteiger partial charge in [0.05, 0.1) is 5.69 Å². The molecule has 18 heavy (non-hydrogen) atoms. The summed E-state index contributed by atoms with van der Waals surface area (Å²) in [5, 5.41) is 0. The summed E-state index contributed by atoms with van der Waals surface area (Å²) in [4.78, 5) is 8.68. The number of hydrogen-bond acceptors (Lipinski definition) is 4. The Balaban J connectivity index is 2.44. The quantitative estimate of drug-likeness (QED) is 0.900. The summed E-state index contributed by atoms with van der Waals surface area (Å²) < 4.78 is 5.22. The van der Waals surface area contributed by atoms with E-state index < -0.39 is 0 Å². The van der Waals surface area contributed by atoms with E-state index in [1.165, 1.54) is 5.56 Å². The molecule has 0 aliphatic rings. The highest BCUT2D eigenvalue weighted by atomic mass is 16.5. The second-order valence-electron chi connectivity index (χ2n) is 4.28. The second-order valence-corrected chi connectivity index (χ2v) is 4.28. The SMILES string of the molecule is CO[C@@H](C)c1nc(N)cc(-c2ccc(C)cc2)n1. The fourth-order valence-electron chi connectivity index (χ4n) is 1.64. The number of nitrogen functional groups attached to an aromatic ring is 1. The van der Waals surface area contributed by atoms with Crippen molar-refractivity contribution in [3.05, 3.63) is 41.7 Å². The fourth-order valence-corrected chi connectivity index (χ4v) is 1.64. The van der Waals surface area contributed by atoms with Crippen LogP contribution in [0.5, 0.6) is 0 Å². The molecule has 0 fully saturated rings. The number of anilines is 1. The number of aromatic nitrogens is 2. The maximum atomic E-state index is 5.81. The molecule has 0 aliphatic carbocycles. The van der Waals surface area contributed by atoms with Gasteiger partial charge in [0.1, 0.15) is 11.9 Å². The van der Waals surface area contributed by atoms with Gasteiger partial charge in [0.25, 0.3) is 0 Å². The summed E-state index contributed by atoms with van der Waals surface area (Å²) in [5.41, 5.74) is 8.87. The number of hydrogen-bond donors (Lipinski definition) is 1. The molecule has 1 aromatic carbocycles. The Morgan fingerprint density at radius 2 is 1.83 bits per heavy atom. The summed E-state index contributed by atoms with van der Waals surface area (Å²) in [6.45, 7) is 3.95. The highest BCUT2D eigenvalue weighted by Gasteiger charge is 2.10. The zero-order chi connectivity index (χ0) is 13.1. The lowest BCUT2D eigenvalue weighted by Crippen LogP contribution is -2.06. The molecular weight excluding hydrogens is 226 g/mol. The van der Waals surface area contributed by atoms with Crippen LogP contribution >= 0.6 is 0 Å². The lowest BCUT2D eigenvalue weighted by Gasteiger charge is -2.10. The van der Waals surface area contributed by atoms with Crippen LogP contribution in [0.3, 0.4) is 0 Å². The van der Waals surface area contributed by atoms with Crippen molar-refractivity contribution >= 4 is 5.82 Å². The van der Waals surface area contributed by atoms with Gasteiger partial charge >= 0.3 is 0 Å². The Labute approximate surface area is 107 Å². The third kappa shape index (κ3) is 2.65. The van der Waals surface area contributed by atoms with E-state index in [-0.39, 0.29) is 6.10 Å². The molecule has 0 saturated heterocycles. The van der Waals surface area contributed by atoms with E-state index in [4.69, 9.17) is 10.5 Å². The van der Waals surface area contributed by atoms with Crippen LogP contribution in [0.4, 0.5) is 5.82 Å². The van der Waals surface area contributed by atoms with Crippen LogP contribution in [0.15, 0.2) is 30.3 Å². The van der Waals surface area contributed by atoms with Gasteiger partial charge in [-0.1, -0.05) is 29.8 Å². The minimum absolute atomic E-state index is 0.169. The highest BCUT2D eigenvalue weighted by Crippen LogP contribution is 2.22. The van der Waals surface area contributed by atoms with Crippen LogP contribution in [-0.2, 0) is 4.74 Å². The number of rotatable bonds is 3. The number of ether oxygens (including phenoxy) is 1. The molecule has 2 rings (SSSR count). The minimum atomic E-state index is -0.169. The lowest BCUT2D eigenvalue weighted by molar-refractivity contribution is 0.112. The van der Waals surface area contributed by atoms with E-state index in [0.29, 0.717) is 11.6 Å². The summed E-state index contributed by atoms with van der Waals surface area (Å²) in [6, 6.07) is 9.92. The first-order chi connectivity index (χ1) is 8.60. The summed E-state index contributed by atoms with van der Waals surface area (Å²) in [5.74, 6) is 1.06. The van der Waals surface area contributed by atoms with Crippen LogP contribution in [-0.4, -0.2) is 17.1 Å². The van der Waals surface area contributed by atoms with Crippen molar-refractivity contribution in [1.29, 1.82) is 0 Å². The van der Waals surface area contributed by atoms with Crippen LogP contribution < -0.4 is 5.73 Å². The van der Waals surface area contributed by atoms with E-state index in [9.17, 15) is 0 Å². The Bertz CT molecular complexity index is 537. The second kappa shape index (κ2) is 5.14. The van der Waals surface area contributed by atoms with Crippen LogP contribution in [0.1, 0.15) is 24.4 Å². The molecule has 4 heteroatoms. The molecule has 2 N–H and O–H groups in total. The van der Waals surface area contributed by atoms with Crippen LogP contribution in [0.2, 0.25) is 0 Å². The molecule has 0 amide bonds. The summed E-state index contributed by atoms with van der Waals surface area (Å²) in [6.07, 6.45) is -0.169. The van der Waals surface area contributed by atoms with Gasteiger partial charge in [-0.15, -0.1) is 0 Å². The first kappa shape index (κ1) is 12.5. The molecular formula is C14H17N3O. The normalized spacial score (nSPS) is 12.4. The van der Waals surface area contributed by atoms with Crippen molar-refractivity contribution in [3.63, 3.8) is 0 Å². The molecule has 1 atom stereocenters. The Hall–Kier alpha value is -1.94. The fraction of sp³-hybridized carbons (Fsp3) is 0.286. The van der Waals surface area contributed by atoms with Crippen LogP contribution in [0.25, 0.3) is 11.3 Å². The third-order valence-electron chi connectivity index (χ3n) is 2.83. The van der Waals surface area contributed by atoms with Gasteiger partial charge in [-0.3, -0.25) is 0 Å². The van der Waals surface area contributed by atoms with Gasteiger partial charge in [-0.25, -0.2) is 9.97 Å². The molecule has 0 radical (unpaired) electrons. The van der Waals surface area contributed by atoms with E-state index in [1.807, 2.05) is 31.2 Å². The number of methoxy groups -OCH3 is 1. The monoisotopic (exact) mass is 243 g/mol. The average Bonchev–Trinajstić information content (AvgIpc) is 2.38. The van der Waals surface area contributed by atoms with Gasteiger partial charge < -0.3 is 10.5 Å². The van der Waals surface area contributed by atoms with Crippen molar-refractivity contribution < 1.29 is 4.74 Å². The topological polar surface area (TPSA) is 61.0 Å². The van der Waals surface area contributed by atoms with Gasteiger partial charge in [-0.2, -0.15) is 0 Å². The number of nitrogens with zero attached hydrogens (tertiary/aromatic N) is 2. The van der Waals surface area contributed by atoms with Crippen molar-refractivity contribution in [1.82, 2.24) is 9.97 Å². The van der Waals surface area contributed by atoms with Gasteiger partial charge in [-0.05, 0) is 13.8 Å². The predicted octanol–water partition coefficient (Wildman–Crippen LogP) is 2.74. The van der Waals surface area contributed by atoms with Crippen molar-refractivity contribution in [2.45, 2.75) is 20.0 Å². The summed E-state index contributed by atoms with van der Waals surface area (Å²) >= 11 is 0. The smallest absolute Gasteiger partial charge is 0.159 e. The van der Waals surface area contributed by atoms with Gasteiger partial charge in [0.15, 0.2) is 5.82 Å². The Kier molecular flexibility index (Phi) is 3.58. The van der Waals surface area contributed by atoms with E-state index in [0.717, 1.165) is 11.3 Å². The van der Waals surface area contributed by atoms with Gasteiger partial charge in [0.2, 0.25) is 0 Å². The molecule has 0 spiro atoms. The molecule has 0 saturated carbocycles. The third-order valence-corrected chi connectivity index (χ3v) is 2.83. The lowest BCUT2D eigenvalue weighted by atomic mass is 10.1. The van der Waals surface area contributed by atoms with E-state index >= 15 is 0 Å². The zero-order valence-electron chi connectivity index (χ0n) is 10.8. The number of nitrogens with two attached hydrogens (primary N) is 1. The largest absolute Gasteiger partial charge is 0.384 e. The average molecular weight is 243 g/mol. The Morgan fingerprint density at radius 3 is 2.44 bits per heavy atom. The first-order valence-corrected chi connectivity index (χ1v) is 5.84. The summed E-state index contributed by atoms with van der Waals surface area (Å²) in [7, 11) is 1.63. The first-order valence-electron chi connectivity index (χ1n) is 5.84. The van der Waals surface area contributed by atoms with Crippen molar-refractivity contribution in [2.75, 3.05) is 12.8 Å². The molecule has 0 unspecified atom stereocenters. The highest BCUT2D eigenvalue weighted by molar-refractivity contribution is 5.62. The molecule has 1 heterocycles. The Morgan fingerprint density at radius 1 is 1.17 bits per heavy atom. The predicted molar refractivity (Wildman–Crippen MR) is 72.0 cm³/mol. The van der Waals surface area contributed by atoms with Gasteiger partial charge in [0, 0.05) is 18.7 Å². The maximum Gasteiger partial charge on any atom is 0.159 e. The number of benzene rings is 1. The standard InChI is InChI=1S/C14H17N3O/c1-9-4-6-11(7-5-9)12-8-13(15)17-14(16-12)10(2)18-3/h4-8,10H,1-3H3,(H2,15,16,17)/t10-/m0/s1.